The van der Waals surface area contributed by atoms with Crippen molar-refractivity contribution in [3.05, 3.63) is 42.5 Å². The summed E-state index contributed by atoms with van der Waals surface area (Å²) in [6.45, 7) is 6.45. The molecule has 0 spiro atoms. The number of aryl methyl sites for hydroxylation is 1. The minimum Gasteiger partial charge on any atom is -0.494 e. The highest BCUT2D eigenvalue weighted by Gasteiger charge is 2.00. The molecule has 1 rings (SSSR count). The van der Waals surface area contributed by atoms with Crippen molar-refractivity contribution in [2.75, 3.05) is 6.61 Å². The van der Waals surface area contributed by atoms with Gasteiger partial charge >= 0.3 is 0 Å². The topological polar surface area (TPSA) is 57.8 Å². The number of hydrogen-bond donors (Lipinski definition) is 0. The number of carbonyl (C=O) groups excluding carboxylic acids is 1. The van der Waals surface area contributed by atoms with Crippen LogP contribution in [-0.2, 0) is 11.2 Å². The average molecular weight is 278 g/mol. The van der Waals surface area contributed by atoms with E-state index in [-0.39, 0.29) is 11.3 Å². The molecule has 3 nitrogen and oxygen atoms in total. The van der Waals surface area contributed by atoms with Gasteiger partial charge in [0, 0.05) is 6.42 Å². The van der Waals surface area contributed by atoms with Crippen LogP contribution < -0.4 is 4.74 Å². The Morgan fingerprint density at radius 1 is 1.30 bits per heavy atom. The molecule has 0 amide bonds. The predicted octanol–water partition coefficient (Wildman–Crippen LogP) is 3.51. The van der Waals surface area contributed by atoms with Gasteiger partial charge in [-0.2, -0.15) is 0 Å². The molecule has 0 saturated heterocycles. The smallest absolute Gasteiger partial charge is 0.155 e. The number of rotatable bonds is 10. The standard InChI is InChI=1S/C17H24O2.H2O/c1-3-5-6-13-19-17-12-8-10-15(14-17)9-7-11-16(18)4-2;/h4,8,10,12,14H,2-3,5-7,9,11,13H2,1H3;1H2. The maximum atomic E-state index is 11.1. The van der Waals surface area contributed by atoms with Crippen LogP contribution >= 0.6 is 0 Å². The summed E-state index contributed by atoms with van der Waals surface area (Å²) in [4.78, 5) is 11.1. The molecule has 0 unspecified atom stereocenters. The summed E-state index contributed by atoms with van der Waals surface area (Å²) in [5.41, 5.74) is 1.23. The third kappa shape index (κ3) is 7.74. The summed E-state index contributed by atoms with van der Waals surface area (Å²) in [7, 11) is 0. The van der Waals surface area contributed by atoms with Crippen LogP contribution in [0.5, 0.6) is 5.75 Å². The largest absolute Gasteiger partial charge is 0.494 e. The van der Waals surface area contributed by atoms with Crippen LogP contribution in [0.2, 0.25) is 0 Å². The van der Waals surface area contributed by atoms with Crippen LogP contribution in [-0.4, -0.2) is 17.9 Å². The van der Waals surface area contributed by atoms with Crippen molar-refractivity contribution in [3.8, 4) is 5.75 Å². The van der Waals surface area contributed by atoms with Gasteiger partial charge in [0.25, 0.3) is 0 Å². The number of allylic oxidation sites excluding steroid dienone is 1. The number of ether oxygens (including phenoxy) is 1. The lowest BCUT2D eigenvalue weighted by molar-refractivity contribution is -0.114. The van der Waals surface area contributed by atoms with E-state index in [0.717, 1.165) is 31.6 Å². The maximum absolute atomic E-state index is 11.1. The van der Waals surface area contributed by atoms with E-state index in [1.165, 1.54) is 24.5 Å². The second-order valence-electron chi connectivity index (χ2n) is 4.73. The molecule has 0 aliphatic carbocycles. The molecule has 0 radical (unpaired) electrons. The first kappa shape index (κ1) is 18.4. The van der Waals surface area contributed by atoms with E-state index in [2.05, 4.69) is 25.6 Å². The van der Waals surface area contributed by atoms with E-state index in [9.17, 15) is 4.79 Å². The van der Waals surface area contributed by atoms with Gasteiger partial charge in [-0.05, 0) is 43.0 Å². The lowest BCUT2D eigenvalue weighted by atomic mass is 10.1. The summed E-state index contributed by atoms with van der Waals surface area (Å²) in [6.07, 6.45) is 7.27. The van der Waals surface area contributed by atoms with Crippen molar-refractivity contribution in [1.29, 1.82) is 0 Å². The quantitative estimate of drug-likeness (QED) is 0.486. The minimum absolute atomic E-state index is 0. The molecule has 0 fully saturated rings. The predicted molar refractivity (Wildman–Crippen MR) is 83.2 cm³/mol. The lowest BCUT2D eigenvalue weighted by Gasteiger charge is -2.07. The fourth-order valence-electron chi connectivity index (χ4n) is 1.90. The Morgan fingerprint density at radius 3 is 2.80 bits per heavy atom. The maximum Gasteiger partial charge on any atom is 0.155 e. The molecule has 1 aromatic rings. The zero-order valence-electron chi connectivity index (χ0n) is 12.4. The van der Waals surface area contributed by atoms with Gasteiger partial charge in [0.05, 0.1) is 6.61 Å². The molecule has 0 saturated carbocycles. The first-order valence-corrected chi connectivity index (χ1v) is 7.13. The van der Waals surface area contributed by atoms with Gasteiger partial charge in [-0.25, -0.2) is 0 Å². The number of carbonyl (C=O) groups is 1. The Kier molecular flexibility index (Phi) is 10.3. The van der Waals surface area contributed by atoms with Crippen molar-refractivity contribution in [2.45, 2.75) is 45.4 Å². The van der Waals surface area contributed by atoms with Gasteiger partial charge in [-0.3, -0.25) is 4.79 Å². The Morgan fingerprint density at radius 2 is 2.10 bits per heavy atom. The summed E-state index contributed by atoms with van der Waals surface area (Å²) < 4.78 is 5.71. The van der Waals surface area contributed by atoms with Crippen molar-refractivity contribution in [3.63, 3.8) is 0 Å². The van der Waals surface area contributed by atoms with E-state index in [1.54, 1.807) is 0 Å². The molecule has 0 aliphatic rings. The Labute approximate surface area is 122 Å². The summed E-state index contributed by atoms with van der Waals surface area (Å²) in [6, 6.07) is 8.16. The van der Waals surface area contributed by atoms with Crippen molar-refractivity contribution in [2.24, 2.45) is 0 Å². The lowest BCUT2D eigenvalue weighted by Crippen LogP contribution is -1.98. The van der Waals surface area contributed by atoms with Crippen LogP contribution in [0.3, 0.4) is 0 Å². The van der Waals surface area contributed by atoms with Crippen LogP contribution in [0.25, 0.3) is 0 Å². The first-order chi connectivity index (χ1) is 9.26. The van der Waals surface area contributed by atoms with E-state index < -0.39 is 0 Å². The highest BCUT2D eigenvalue weighted by molar-refractivity contribution is 5.88. The van der Waals surface area contributed by atoms with Crippen LogP contribution in [0, 0.1) is 0 Å². The molecule has 0 aromatic heterocycles. The zero-order chi connectivity index (χ0) is 13.9. The summed E-state index contributed by atoms with van der Waals surface area (Å²) in [5, 5.41) is 0. The molecule has 112 valence electrons. The number of benzene rings is 1. The Hall–Kier alpha value is -1.61. The molecule has 20 heavy (non-hydrogen) atoms. The molecular weight excluding hydrogens is 252 g/mol. The summed E-state index contributed by atoms with van der Waals surface area (Å²) in [5.74, 6) is 1.05. The second kappa shape index (κ2) is 11.2. The zero-order valence-corrected chi connectivity index (χ0v) is 12.4. The van der Waals surface area contributed by atoms with E-state index in [0.29, 0.717) is 6.42 Å². The van der Waals surface area contributed by atoms with E-state index in [1.807, 2.05) is 12.1 Å². The van der Waals surface area contributed by atoms with Crippen LogP contribution in [0.1, 0.15) is 44.6 Å². The van der Waals surface area contributed by atoms with Gasteiger partial charge in [0.15, 0.2) is 5.78 Å². The minimum atomic E-state index is 0. The SMILES string of the molecule is C=CC(=O)CCCc1cccc(OCCCCC)c1.O. The van der Waals surface area contributed by atoms with E-state index >= 15 is 0 Å². The molecule has 0 bridgehead atoms. The van der Waals surface area contributed by atoms with Crippen molar-refractivity contribution in [1.82, 2.24) is 0 Å². The van der Waals surface area contributed by atoms with Gasteiger partial charge < -0.3 is 10.2 Å². The van der Waals surface area contributed by atoms with Crippen molar-refractivity contribution < 1.29 is 15.0 Å². The second-order valence-corrected chi connectivity index (χ2v) is 4.73. The van der Waals surface area contributed by atoms with Gasteiger partial charge in [-0.15, -0.1) is 0 Å². The molecule has 1 aromatic carbocycles. The van der Waals surface area contributed by atoms with Gasteiger partial charge in [0.1, 0.15) is 5.75 Å². The van der Waals surface area contributed by atoms with Crippen molar-refractivity contribution >= 4 is 5.78 Å². The Balaban J connectivity index is 0.00000361. The normalized spacial score (nSPS) is 9.65. The summed E-state index contributed by atoms with van der Waals surface area (Å²) >= 11 is 0. The highest BCUT2D eigenvalue weighted by atomic mass is 16.5. The molecule has 0 heterocycles. The number of hydrogen-bond acceptors (Lipinski definition) is 2. The van der Waals surface area contributed by atoms with Crippen LogP contribution in [0.15, 0.2) is 36.9 Å². The third-order valence-electron chi connectivity index (χ3n) is 3.03. The molecule has 0 aliphatic heterocycles. The van der Waals surface area contributed by atoms with E-state index in [4.69, 9.17) is 4.74 Å². The average Bonchev–Trinajstić information content (AvgIpc) is 2.44. The van der Waals surface area contributed by atoms with Gasteiger partial charge in [0.2, 0.25) is 0 Å². The number of ketones is 1. The fourth-order valence-corrected chi connectivity index (χ4v) is 1.90. The first-order valence-electron chi connectivity index (χ1n) is 7.13. The van der Waals surface area contributed by atoms with Crippen LogP contribution in [0.4, 0.5) is 0 Å². The fraction of sp³-hybridized carbons (Fsp3) is 0.471. The molecule has 2 N–H and O–H groups in total. The number of unbranched alkanes of at least 4 members (excludes halogenated alkanes) is 2. The van der Waals surface area contributed by atoms with Gasteiger partial charge in [-0.1, -0.05) is 38.5 Å². The monoisotopic (exact) mass is 278 g/mol. The molecule has 0 atom stereocenters. The Bertz CT molecular complexity index is 399. The molecular formula is C17H26O3. The third-order valence-corrected chi connectivity index (χ3v) is 3.03. The molecule has 3 heteroatoms. The highest BCUT2D eigenvalue weighted by Crippen LogP contribution is 2.16.